The number of nitrogens with zero attached hydrogens (tertiary/aromatic N) is 2. The molecule has 5 heteroatoms. The smallest absolute Gasteiger partial charge is 0.137 e. The van der Waals surface area contributed by atoms with Gasteiger partial charge in [0.25, 0.3) is 0 Å². The first-order chi connectivity index (χ1) is 8.72. The Balaban J connectivity index is 2.45. The first-order valence-electron chi connectivity index (χ1n) is 5.82. The molecule has 18 heavy (non-hydrogen) atoms. The van der Waals surface area contributed by atoms with Gasteiger partial charge >= 0.3 is 0 Å². The summed E-state index contributed by atoms with van der Waals surface area (Å²) in [5.74, 6) is 1.63. The molecule has 0 aromatic carbocycles. The van der Waals surface area contributed by atoms with Gasteiger partial charge in [-0.1, -0.05) is 19.1 Å². The van der Waals surface area contributed by atoms with Gasteiger partial charge in [0, 0.05) is 18.2 Å². The van der Waals surface area contributed by atoms with Gasteiger partial charge in [-0.3, -0.25) is 4.98 Å². The molecule has 2 heterocycles. The van der Waals surface area contributed by atoms with Crippen molar-refractivity contribution in [3.05, 3.63) is 35.0 Å². The first kappa shape index (κ1) is 12.7. The maximum Gasteiger partial charge on any atom is 0.137 e. The van der Waals surface area contributed by atoms with Gasteiger partial charge < -0.3 is 9.72 Å². The fourth-order valence-electron chi connectivity index (χ4n) is 1.70. The molecule has 0 bridgehead atoms. The first-order valence-corrected chi connectivity index (χ1v) is 6.23. The van der Waals surface area contributed by atoms with Crippen LogP contribution in [0.3, 0.4) is 0 Å². The largest absolute Gasteiger partial charge is 0.495 e. The maximum absolute atomic E-state index is 5.18. The van der Waals surface area contributed by atoms with Crippen LogP contribution in [0.15, 0.2) is 24.5 Å². The fourth-order valence-corrected chi connectivity index (χ4v) is 1.92. The lowest BCUT2D eigenvalue weighted by molar-refractivity contribution is 0.413. The van der Waals surface area contributed by atoms with Gasteiger partial charge in [0.15, 0.2) is 0 Å². The van der Waals surface area contributed by atoms with E-state index in [0.717, 1.165) is 35.7 Å². The number of H-pyrrole nitrogens is 1. The Hall–Kier alpha value is -1.75. The minimum absolute atomic E-state index is 0.593. The van der Waals surface area contributed by atoms with Crippen LogP contribution in [0.5, 0.6) is 5.75 Å². The summed E-state index contributed by atoms with van der Waals surface area (Å²) in [6, 6.07) is 3.76. The highest BCUT2D eigenvalue weighted by Crippen LogP contribution is 2.20. The lowest BCUT2D eigenvalue weighted by atomic mass is 10.2. The van der Waals surface area contributed by atoms with Gasteiger partial charge in [-0.05, 0) is 18.6 Å². The predicted octanol–water partition coefficient (Wildman–Crippen LogP) is 3.16. The Morgan fingerprint density at radius 1 is 1.33 bits per heavy atom. The van der Waals surface area contributed by atoms with Crippen LogP contribution >= 0.6 is 12.2 Å². The molecule has 0 amide bonds. The molecule has 94 valence electrons. The second-order valence-electron chi connectivity index (χ2n) is 3.94. The van der Waals surface area contributed by atoms with Crippen LogP contribution in [-0.2, 0) is 6.42 Å². The minimum atomic E-state index is 0.593. The third-order valence-corrected chi connectivity index (χ3v) is 2.75. The summed E-state index contributed by atoms with van der Waals surface area (Å²) in [7, 11) is 1.62. The average molecular weight is 261 g/mol. The van der Waals surface area contributed by atoms with E-state index in [-0.39, 0.29) is 0 Å². The van der Waals surface area contributed by atoms with Crippen molar-refractivity contribution in [2.45, 2.75) is 19.8 Å². The van der Waals surface area contributed by atoms with Crippen LogP contribution in [0, 0.1) is 4.64 Å². The van der Waals surface area contributed by atoms with Crippen molar-refractivity contribution in [3.63, 3.8) is 0 Å². The summed E-state index contributed by atoms with van der Waals surface area (Å²) >= 11 is 5.18. The summed E-state index contributed by atoms with van der Waals surface area (Å²) in [6.07, 6.45) is 5.36. The molecular formula is C13H15N3OS. The maximum atomic E-state index is 5.18. The van der Waals surface area contributed by atoms with Crippen molar-refractivity contribution in [2.75, 3.05) is 7.11 Å². The lowest BCUT2D eigenvalue weighted by Crippen LogP contribution is -1.97. The summed E-state index contributed by atoms with van der Waals surface area (Å²) in [4.78, 5) is 11.7. The van der Waals surface area contributed by atoms with Crippen LogP contribution in [0.2, 0.25) is 0 Å². The van der Waals surface area contributed by atoms with Crippen molar-refractivity contribution in [1.82, 2.24) is 15.0 Å². The third kappa shape index (κ3) is 2.92. The van der Waals surface area contributed by atoms with Gasteiger partial charge in [-0.2, -0.15) is 0 Å². The normalized spacial score (nSPS) is 10.3. The van der Waals surface area contributed by atoms with Crippen molar-refractivity contribution in [2.24, 2.45) is 0 Å². The van der Waals surface area contributed by atoms with Crippen molar-refractivity contribution in [3.8, 4) is 17.0 Å². The zero-order valence-electron chi connectivity index (χ0n) is 10.4. The summed E-state index contributed by atoms with van der Waals surface area (Å²) in [6.45, 7) is 2.11. The van der Waals surface area contributed by atoms with E-state index in [2.05, 4.69) is 21.9 Å². The molecule has 4 nitrogen and oxygen atoms in total. The lowest BCUT2D eigenvalue weighted by Gasteiger charge is -2.06. The van der Waals surface area contributed by atoms with Crippen LogP contribution in [0.1, 0.15) is 19.2 Å². The number of hydrogen-bond acceptors (Lipinski definition) is 4. The monoisotopic (exact) mass is 261 g/mol. The quantitative estimate of drug-likeness (QED) is 0.859. The zero-order chi connectivity index (χ0) is 13.0. The highest BCUT2D eigenvalue weighted by atomic mass is 32.1. The van der Waals surface area contributed by atoms with Gasteiger partial charge in [0.05, 0.1) is 19.0 Å². The molecule has 2 aromatic rings. The van der Waals surface area contributed by atoms with E-state index in [0.29, 0.717) is 4.64 Å². The van der Waals surface area contributed by atoms with Gasteiger partial charge in [0.2, 0.25) is 0 Å². The van der Waals surface area contributed by atoms with E-state index in [1.807, 2.05) is 12.1 Å². The topological polar surface area (TPSA) is 50.8 Å². The van der Waals surface area contributed by atoms with Crippen molar-refractivity contribution < 1.29 is 4.74 Å². The second-order valence-corrected chi connectivity index (χ2v) is 4.36. The Labute approximate surface area is 111 Å². The number of pyridine rings is 1. The average Bonchev–Trinajstić information content (AvgIpc) is 2.38. The molecule has 2 rings (SSSR count). The van der Waals surface area contributed by atoms with E-state index >= 15 is 0 Å². The number of nitrogens with one attached hydrogen (secondary N) is 1. The van der Waals surface area contributed by atoms with Gasteiger partial charge in [-0.15, -0.1) is 0 Å². The molecule has 2 aromatic heterocycles. The molecule has 0 atom stereocenters. The number of ether oxygens (including phenoxy) is 1. The van der Waals surface area contributed by atoms with Crippen LogP contribution in [0.25, 0.3) is 11.3 Å². The summed E-state index contributed by atoms with van der Waals surface area (Å²) < 4.78 is 5.76. The molecule has 0 fully saturated rings. The van der Waals surface area contributed by atoms with E-state index in [1.54, 1.807) is 19.5 Å². The molecule has 0 saturated heterocycles. The number of hydrogen-bond donors (Lipinski definition) is 1. The SMILES string of the molecule is CCCc1nc(=S)cc(-c2cncc(OC)c2)[nH]1. The number of aromatic amines is 1. The predicted molar refractivity (Wildman–Crippen MR) is 73.2 cm³/mol. The number of rotatable bonds is 4. The molecule has 0 aliphatic carbocycles. The highest BCUT2D eigenvalue weighted by molar-refractivity contribution is 7.71. The molecule has 1 N–H and O–H groups in total. The molecule has 0 radical (unpaired) electrons. The standard InChI is InChI=1S/C13H15N3OS/c1-3-4-12-15-11(6-13(18)16-12)9-5-10(17-2)8-14-7-9/h5-8H,3-4H2,1-2H3,(H,15,16,18). The van der Waals surface area contributed by atoms with E-state index in [9.17, 15) is 0 Å². The second kappa shape index (κ2) is 5.73. The highest BCUT2D eigenvalue weighted by Gasteiger charge is 2.03. The Morgan fingerprint density at radius 2 is 2.17 bits per heavy atom. The Kier molecular flexibility index (Phi) is 4.04. The van der Waals surface area contributed by atoms with Crippen molar-refractivity contribution >= 4 is 12.2 Å². The molecule has 0 unspecified atom stereocenters. The van der Waals surface area contributed by atoms with E-state index in [1.165, 1.54) is 0 Å². The third-order valence-electron chi connectivity index (χ3n) is 2.54. The molecular weight excluding hydrogens is 246 g/mol. The number of methoxy groups -OCH3 is 1. The number of aryl methyl sites for hydroxylation is 1. The van der Waals surface area contributed by atoms with E-state index < -0.39 is 0 Å². The Morgan fingerprint density at radius 3 is 2.89 bits per heavy atom. The van der Waals surface area contributed by atoms with Gasteiger partial charge in [0.1, 0.15) is 16.2 Å². The minimum Gasteiger partial charge on any atom is -0.495 e. The van der Waals surface area contributed by atoms with Crippen molar-refractivity contribution in [1.29, 1.82) is 0 Å². The summed E-state index contributed by atoms with van der Waals surface area (Å²) in [5.41, 5.74) is 1.87. The zero-order valence-corrected chi connectivity index (χ0v) is 11.3. The molecule has 0 saturated carbocycles. The fraction of sp³-hybridized carbons (Fsp3) is 0.308. The van der Waals surface area contributed by atoms with Gasteiger partial charge in [-0.25, -0.2) is 4.98 Å². The van der Waals surface area contributed by atoms with E-state index in [4.69, 9.17) is 17.0 Å². The van der Waals surface area contributed by atoms with Crippen LogP contribution < -0.4 is 4.74 Å². The molecule has 0 aliphatic rings. The Bertz CT molecular complexity index is 595. The molecule has 0 spiro atoms. The van der Waals surface area contributed by atoms with Crippen LogP contribution in [0.4, 0.5) is 0 Å². The van der Waals surface area contributed by atoms with Crippen LogP contribution in [-0.4, -0.2) is 22.1 Å². The number of aromatic nitrogens is 3. The summed E-state index contributed by atoms with van der Waals surface area (Å²) in [5, 5.41) is 0. The molecule has 0 aliphatic heterocycles.